The molecule has 4 heteroatoms. The minimum Gasteiger partial charge on any atom is -0.370 e. The number of carbonyl (C=O) groups excluding carboxylic acids is 2. The number of nitrogens with two attached hydrogens (primary N) is 1. The second kappa shape index (κ2) is 6.61. The van der Waals surface area contributed by atoms with Gasteiger partial charge in [-0.1, -0.05) is 30.3 Å². The summed E-state index contributed by atoms with van der Waals surface area (Å²) >= 11 is 0. The van der Waals surface area contributed by atoms with E-state index in [0.29, 0.717) is 25.8 Å². The molecule has 0 atom stereocenters. The van der Waals surface area contributed by atoms with E-state index in [9.17, 15) is 9.59 Å². The number of primary amides is 1. The maximum atomic E-state index is 11.4. The molecule has 1 rings (SSSR count). The van der Waals surface area contributed by atoms with Crippen LogP contribution in [0.5, 0.6) is 0 Å². The molecule has 86 valence electrons. The highest BCUT2D eigenvalue weighted by molar-refractivity contribution is 5.78. The highest BCUT2D eigenvalue weighted by Crippen LogP contribution is 1.99. The minimum absolute atomic E-state index is 0.0318. The number of amides is 2. The zero-order chi connectivity index (χ0) is 11.8. The Morgan fingerprint density at radius 1 is 1.19 bits per heavy atom. The molecule has 3 N–H and O–H groups in total. The van der Waals surface area contributed by atoms with E-state index in [2.05, 4.69) is 5.32 Å². The molecule has 0 aliphatic rings. The summed E-state index contributed by atoms with van der Waals surface area (Å²) in [7, 11) is 0. The Labute approximate surface area is 94.8 Å². The SMILES string of the molecule is NC(=O)CCCNC(=O)Cc1ccccc1. The Bertz CT molecular complexity index is 349. The van der Waals surface area contributed by atoms with Gasteiger partial charge in [-0.05, 0) is 12.0 Å². The third kappa shape index (κ3) is 5.14. The standard InChI is InChI=1S/C12H16N2O2/c13-11(15)7-4-8-14-12(16)9-10-5-2-1-3-6-10/h1-3,5-6H,4,7-9H2,(H2,13,15)(H,14,16). The van der Waals surface area contributed by atoms with Crippen LogP contribution >= 0.6 is 0 Å². The molecule has 0 saturated heterocycles. The fourth-order valence-corrected chi connectivity index (χ4v) is 1.33. The molecule has 0 saturated carbocycles. The Kier molecular flexibility index (Phi) is 5.05. The Morgan fingerprint density at radius 3 is 2.50 bits per heavy atom. The van der Waals surface area contributed by atoms with Crippen molar-refractivity contribution >= 4 is 11.8 Å². The topological polar surface area (TPSA) is 72.2 Å². The van der Waals surface area contributed by atoms with Gasteiger partial charge in [-0.3, -0.25) is 9.59 Å². The monoisotopic (exact) mass is 220 g/mol. The summed E-state index contributed by atoms with van der Waals surface area (Å²) in [6.45, 7) is 0.495. The van der Waals surface area contributed by atoms with Crippen LogP contribution < -0.4 is 11.1 Å². The molecule has 16 heavy (non-hydrogen) atoms. The van der Waals surface area contributed by atoms with Gasteiger partial charge in [-0.15, -0.1) is 0 Å². The summed E-state index contributed by atoms with van der Waals surface area (Å²) in [6.07, 6.45) is 1.28. The highest BCUT2D eigenvalue weighted by atomic mass is 16.2. The summed E-state index contributed by atoms with van der Waals surface area (Å²) in [6, 6.07) is 9.52. The van der Waals surface area contributed by atoms with E-state index in [4.69, 9.17) is 5.73 Å². The maximum Gasteiger partial charge on any atom is 0.224 e. The first-order valence-electron chi connectivity index (χ1n) is 5.27. The molecule has 0 fully saturated rings. The molecule has 0 heterocycles. The molecule has 1 aromatic rings. The van der Waals surface area contributed by atoms with Gasteiger partial charge in [-0.25, -0.2) is 0 Å². The summed E-state index contributed by atoms with van der Waals surface area (Å²) in [4.78, 5) is 21.9. The van der Waals surface area contributed by atoms with Crippen LogP contribution in [-0.2, 0) is 16.0 Å². The van der Waals surface area contributed by atoms with E-state index < -0.39 is 0 Å². The Morgan fingerprint density at radius 2 is 1.88 bits per heavy atom. The first kappa shape index (κ1) is 12.2. The average molecular weight is 220 g/mol. The van der Waals surface area contributed by atoms with Crippen LogP contribution in [0.25, 0.3) is 0 Å². The van der Waals surface area contributed by atoms with Crippen LogP contribution in [0.3, 0.4) is 0 Å². The molecular formula is C12H16N2O2. The van der Waals surface area contributed by atoms with Crippen LogP contribution in [0.1, 0.15) is 18.4 Å². The first-order chi connectivity index (χ1) is 7.68. The van der Waals surface area contributed by atoms with Gasteiger partial charge in [0.2, 0.25) is 11.8 Å². The van der Waals surface area contributed by atoms with Crippen molar-refractivity contribution in [2.75, 3.05) is 6.54 Å². The van der Waals surface area contributed by atoms with Gasteiger partial charge in [-0.2, -0.15) is 0 Å². The quantitative estimate of drug-likeness (QED) is 0.689. The van der Waals surface area contributed by atoms with Crippen LogP contribution in [0.15, 0.2) is 30.3 Å². The van der Waals surface area contributed by atoms with Gasteiger partial charge < -0.3 is 11.1 Å². The van der Waals surface area contributed by atoms with Crippen molar-refractivity contribution in [1.29, 1.82) is 0 Å². The molecule has 0 bridgehead atoms. The molecule has 0 radical (unpaired) electrons. The lowest BCUT2D eigenvalue weighted by atomic mass is 10.1. The lowest BCUT2D eigenvalue weighted by molar-refractivity contribution is -0.121. The first-order valence-corrected chi connectivity index (χ1v) is 5.27. The molecule has 0 aromatic heterocycles. The second-order valence-corrected chi connectivity index (χ2v) is 3.58. The van der Waals surface area contributed by atoms with Crippen LogP contribution in [0.2, 0.25) is 0 Å². The molecule has 0 aliphatic heterocycles. The van der Waals surface area contributed by atoms with Crippen LogP contribution in [0.4, 0.5) is 0 Å². The third-order valence-electron chi connectivity index (χ3n) is 2.13. The lowest BCUT2D eigenvalue weighted by Gasteiger charge is -2.04. The van der Waals surface area contributed by atoms with E-state index in [1.165, 1.54) is 0 Å². The van der Waals surface area contributed by atoms with Crippen LogP contribution in [-0.4, -0.2) is 18.4 Å². The molecule has 2 amide bonds. The number of benzene rings is 1. The van der Waals surface area contributed by atoms with E-state index in [1.807, 2.05) is 30.3 Å². The highest BCUT2D eigenvalue weighted by Gasteiger charge is 2.02. The average Bonchev–Trinajstić information content (AvgIpc) is 2.25. The van der Waals surface area contributed by atoms with Gasteiger partial charge >= 0.3 is 0 Å². The number of carbonyl (C=O) groups is 2. The van der Waals surface area contributed by atoms with Gasteiger partial charge in [0.15, 0.2) is 0 Å². The summed E-state index contributed by atoms with van der Waals surface area (Å²) < 4.78 is 0. The zero-order valence-electron chi connectivity index (χ0n) is 9.11. The largest absolute Gasteiger partial charge is 0.370 e. The lowest BCUT2D eigenvalue weighted by Crippen LogP contribution is -2.27. The number of rotatable bonds is 6. The molecule has 1 aromatic carbocycles. The van der Waals surface area contributed by atoms with Gasteiger partial charge in [0, 0.05) is 13.0 Å². The predicted octanol–water partition coefficient (Wildman–Crippen LogP) is 0.611. The molecular weight excluding hydrogens is 204 g/mol. The van der Waals surface area contributed by atoms with Crippen molar-refractivity contribution in [3.63, 3.8) is 0 Å². The fraction of sp³-hybridized carbons (Fsp3) is 0.333. The van der Waals surface area contributed by atoms with E-state index in [1.54, 1.807) is 0 Å². The minimum atomic E-state index is -0.336. The van der Waals surface area contributed by atoms with Gasteiger partial charge in [0.05, 0.1) is 6.42 Å². The number of hydrogen-bond acceptors (Lipinski definition) is 2. The number of nitrogens with one attached hydrogen (secondary N) is 1. The van der Waals surface area contributed by atoms with Gasteiger partial charge in [0.1, 0.15) is 0 Å². The van der Waals surface area contributed by atoms with Gasteiger partial charge in [0.25, 0.3) is 0 Å². The van der Waals surface area contributed by atoms with E-state index in [-0.39, 0.29) is 11.8 Å². The maximum absolute atomic E-state index is 11.4. The summed E-state index contributed by atoms with van der Waals surface area (Å²) in [5, 5.41) is 2.74. The van der Waals surface area contributed by atoms with Crippen molar-refractivity contribution in [3.05, 3.63) is 35.9 Å². The van der Waals surface area contributed by atoms with Crippen molar-refractivity contribution in [2.45, 2.75) is 19.3 Å². The van der Waals surface area contributed by atoms with Crippen molar-refractivity contribution in [2.24, 2.45) is 5.73 Å². The third-order valence-corrected chi connectivity index (χ3v) is 2.13. The molecule has 0 unspecified atom stereocenters. The fourth-order valence-electron chi connectivity index (χ4n) is 1.33. The van der Waals surface area contributed by atoms with Crippen molar-refractivity contribution in [1.82, 2.24) is 5.32 Å². The summed E-state index contributed by atoms with van der Waals surface area (Å²) in [5.74, 6) is -0.368. The molecule has 0 aliphatic carbocycles. The van der Waals surface area contributed by atoms with Crippen LogP contribution in [0, 0.1) is 0 Å². The number of hydrogen-bond donors (Lipinski definition) is 2. The zero-order valence-corrected chi connectivity index (χ0v) is 9.11. The predicted molar refractivity (Wildman–Crippen MR) is 61.6 cm³/mol. The molecule has 4 nitrogen and oxygen atoms in total. The molecule has 0 spiro atoms. The smallest absolute Gasteiger partial charge is 0.224 e. The van der Waals surface area contributed by atoms with Crippen molar-refractivity contribution < 1.29 is 9.59 Å². The Hall–Kier alpha value is -1.84. The summed E-state index contributed by atoms with van der Waals surface area (Å²) in [5.41, 5.74) is 5.96. The second-order valence-electron chi connectivity index (χ2n) is 3.58. The Balaban J connectivity index is 2.19. The van der Waals surface area contributed by atoms with Crippen molar-refractivity contribution in [3.8, 4) is 0 Å². The van der Waals surface area contributed by atoms with E-state index in [0.717, 1.165) is 5.56 Å². The van der Waals surface area contributed by atoms with E-state index >= 15 is 0 Å². The normalized spacial score (nSPS) is 9.75.